The van der Waals surface area contributed by atoms with E-state index < -0.39 is 23.8 Å². The maximum atomic E-state index is 13.9. The van der Waals surface area contributed by atoms with Gasteiger partial charge in [-0.1, -0.05) is 45.0 Å². The zero-order valence-electron chi connectivity index (χ0n) is 24.1. The first kappa shape index (κ1) is 31.7. The molecule has 3 N–H and O–H groups in total. The lowest BCUT2D eigenvalue weighted by Gasteiger charge is -2.27. The lowest BCUT2D eigenvalue weighted by molar-refractivity contribution is -0.135. The average molecular weight is 558 g/mol. The zero-order chi connectivity index (χ0) is 29.1. The number of benzene rings is 2. The van der Waals surface area contributed by atoms with Crippen molar-refractivity contribution in [3.8, 4) is 0 Å². The van der Waals surface area contributed by atoms with Crippen molar-refractivity contribution in [2.24, 2.45) is 11.8 Å². The van der Waals surface area contributed by atoms with Crippen molar-refractivity contribution in [1.29, 1.82) is 0 Å². The summed E-state index contributed by atoms with van der Waals surface area (Å²) in [6.45, 7) is 8.35. The molecule has 0 saturated heterocycles. The van der Waals surface area contributed by atoms with E-state index in [0.29, 0.717) is 44.5 Å². The lowest BCUT2D eigenvalue weighted by Crippen LogP contribution is -2.50. The van der Waals surface area contributed by atoms with Crippen LogP contribution >= 0.6 is 0 Å². The third-order valence-electron chi connectivity index (χ3n) is 7.70. The van der Waals surface area contributed by atoms with Crippen molar-refractivity contribution < 1.29 is 23.5 Å². The second-order valence-corrected chi connectivity index (χ2v) is 11.0. The van der Waals surface area contributed by atoms with E-state index in [1.807, 2.05) is 30.9 Å². The maximum Gasteiger partial charge on any atom is 0.225 e. The molecule has 3 rings (SSSR count). The van der Waals surface area contributed by atoms with Gasteiger partial charge >= 0.3 is 0 Å². The Bertz CT molecular complexity index is 1090. The Morgan fingerprint density at radius 2 is 1.60 bits per heavy atom. The van der Waals surface area contributed by atoms with Crippen LogP contribution < -0.4 is 10.6 Å². The number of aliphatic hydroxyl groups excluding tert-OH is 1. The van der Waals surface area contributed by atoms with Crippen molar-refractivity contribution in [1.82, 2.24) is 15.5 Å². The van der Waals surface area contributed by atoms with Gasteiger partial charge in [0.1, 0.15) is 11.6 Å². The molecule has 1 aliphatic rings. The first-order chi connectivity index (χ1) is 19.2. The first-order valence-corrected chi connectivity index (χ1v) is 14.7. The van der Waals surface area contributed by atoms with Gasteiger partial charge in [-0.25, -0.2) is 8.78 Å². The number of aryl methyl sites for hydroxylation is 1. The normalized spacial score (nSPS) is 18.4. The average Bonchev–Trinajstić information content (AvgIpc) is 3.42. The molecule has 0 aromatic heterocycles. The number of amides is 2. The largest absolute Gasteiger partial charge is 0.390 e. The summed E-state index contributed by atoms with van der Waals surface area (Å²) in [5.41, 5.74) is 2.66. The van der Waals surface area contributed by atoms with Crippen molar-refractivity contribution in [3.05, 3.63) is 70.8 Å². The van der Waals surface area contributed by atoms with Crippen LogP contribution in [0.15, 0.2) is 42.5 Å². The Balaban J connectivity index is 1.65. The van der Waals surface area contributed by atoms with E-state index in [1.54, 1.807) is 0 Å². The van der Waals surface area contributed by atoms with Crippen LogP contribution in [0.1, 0.15) is 69.6 Å². The summed E-state index contributed by atoms with van der Waals surface area (Å²) >= 11 is 0. The Labute approximate surface area is 237 Å². The van der Waals surface area contributed by atoms with Crippen LogP contribution in [-0.2, 0) is 29.0 Å². The molecule has 0 radical (unpaired) electrons. The van der Waals surface area contributed by atoms with Gasteiger partial charge in [0.05, 0.1) is 12.1 Å². The van der Waals surface area contributed by atoms with Crippen LogP contribution in [0.5, 0.6) is 0 Å². The standard InChI is InChI=1S/C32H45F2N3O3/c1-4-12-37(13-5-2)32(40)26-11-10-25(18-26)31(39)36-29(17-24-15-27(33)19-28(34)16-24)30(38)21-35-20-23-9-7-8-22(6-3)14-23/h7-9,14-16,19,25-26,29-30,35,38H,4-6,10-13,17-18,20-21H2,1-3H3,(H,36,39)/t25?,26?,29-,30+/m0/s1. The van der Waals surface area contributed by atoms with Gasteiger partial charge in [-0.15, -0.1) is 0 Å². The van der Waals surface area contributed by atoms with Crippen molar-refractivity contribution in [2.45, 2.75) is 84.4 Å². The van der Waals surface area contributed by atoms with Gasteiger partial charge in [0, 0.05) is 44.1 Å². The van der Waals surface area contributed by atoms with E-state index in [-0.39, 0.29) is 36.6 Å². The molecule has 2 aromatic rings. The van der Waals surface area contributed by atoms with Crippen LogP contribution in [-0.4, -0.2) is 53.6 Å². The topological polar surface area (TPSA) is 81.7 Å². The number of rotatable bonds is 15. The fourth-order valence-corrected chi connectivity index (χ4v) is 5.61. The van der Waals surface area contributed by atoms with E-state index in [0.717, 1.165) is 30.9 Å². The summed E-state index contributed by atoms with van der Waals surface area (Å²) in [4.78, 5) is 28.3. The lowest BCUT2D eigenvalue weighted by atomic mass is 9.98. The van der Waals surface area contributed by atoms with Gasteiger partial charge in [-0.05, 0) is 73.8 Å². The molecule has 2 unspecified atom stereocenters. The molecule has 1 aliphatic carbocycles. The number of hydrogen-bond acceptors (Lipinski definition) is 4. The van der Waals surface area contributed by atoms with E-state index in [2.05, 4.69) is 29.7 Å². The molecule has 220 valence electrons. The van der Waals surface area contributed by atoms with Crippen molar-refractivity contribution in [2.75, 3.05) is 19.6 Å². The highest BCUT2D eigenvalue weighted by molar-refractivity contribution is 5.83. The molecular formula is C32H45F2N3O3. The number of carbonyl (C=O) groups is 2. The minimum atomic E-state index is -0.993. The molecule has 4 atom stereocenters. The van der Waals surface area contributed by atoms with E-state index in [4.69, 9.17) is 0 Å². The van der Waals surface area contributed by atoms with Crippen molar-refractivity contribution in [3.63, 3.8) is 0 Å². The highest BCUT2D eigenvalue weighted by atomic mass is 19.1. The first-order valence-electron chi connectivity index (χ1n) is 14.7. The molecule has 8 heteroatoms. The Morgan fingerprint density at radius 3 is 2.25 bits per heavy atom. The highest BCUT2D eigenvalue weighted by Gasteiger charge is 2.37. The van der Waals surface area contributed by atoms with Crippen LogP contribution in [0.3, 0.4) is 0 Å². The molecule has 0 bridgehead atoms. The molecule has 40 heavy (non-hydrogen) atoms. The molecule has 1 saturated carbocycles. The van der Waals surface area contributed by atoms with Gasteiger partial charge in [0.15, 0.2) is 0 Å². The number of carbonyl (C=O) groups excluding carboxylic acids is 2. The summed E-state index contributed by atoms with van der Waals surface area (Å²) in [5, 5.41) is 17.3. The van der Waals surface area contributed by atoms with E-state index in [9.17, 15) is 23.5 Å². The minimum absolute atomic E-state index is 0.0739. The monoisotopic (exact) mass is 557 g/mol. The zero-order valence-corrected chi connectivity index (χ0v) is 24.1. The third-order valence-corrected chi connectivity index (χ3v) is 7.70. The molecule has 6 nitrogen and oxygen atoms in total. The maximum absolute atomic E-state index is 13.9. The molecule has 1 fully saturated rings. The molecular weight excluding hydrogens is 512 g/mol. The smallest absolute Gasteiger partial charge is 0.225 e. The van der Waals surface area contributed by atoms with Gasteiger partial charge in [-0.3, -0.25) is 9.59 Å². The molecule has 0 spiro atoms. The van der Waals surface area contributed by atoms with Crippen LogP contribution in [0.2, 0.25) is 0 Å². The fraction of sp³-hybridized carbons (Fsp3) is 0.562. The number of halogens is 2. The van der Waals surface area contributed by atoms with Gasteiger partial charge < -0.3 is 20.6 Å². The number of nitrogens with zero attached hydrogens (tertiary/aromatic N) is 1. The summed E-state index contributed by atoms with van der Waals surface area (Å²) in [5.74, 6) is -2.06. The van der Waals surface area contributed by atoms with Crippen LogP contribution in [0.25, 0.3) is 0 Å². The minimum Gasteiger partial charge on any atom is -0.390 e. The third kappa shape index (κ3) is 9.37. The SMILES string of the molecule is CCCN(CCC)C(=O)C1CCC(C(=O)N[C@@H](Cc2cc(F)cc(F)c2)[C@H](O)CNCc2cccc(CC)c2)C1. The Morgan fingerprint density at radius 1 is 0.950 bits per heavy atom. The molecule has 2 amide bonds. The molecule has 0 heterocycles. The van der Waals surface area contributed by atoms with Crippen molar-refractivity contribution >= 4 is 11.8 Å². The Kier molecular flexibility index (Phi) is 12.5. The number of nitrogens with one attached hydrogen (secondary N) is 2. The number of hydrogen-bond donors (Lipinski definition) is 3. The number of aliphatic hydroxyl groups is 1. The second-order valence-electron chi connectivity index (χ2n) is 11.0. The highest BCUT2D eigenvalue weighted by Crippen LogP contribution is 2.33. The predicted octanol–water partition coefficient (Wildman–Crippen LogP) is 4.77. The Hall–Kier alpha value is -2.84. The predicted molar refractivity (Wildman–Crippen MR) is 154 cm³/mol. The van der Waals surface area contributed by atoms with Crippen LogP contribution in [0.4, 0.5) is 8.78 Å². The second kappa shape index (κ2) is 15.8. The van der Waals surface area contributed by atoms with Crippen LogP contribution in [0, 0.1) is 23.5 Å². The van der Waals surface area contributed by atoms with Gasteiger partial charge in [0.25, 0.3) is 0 Å². The molecule has 0 aliphatic heterocycles. The summed E-state index contributed by atoms with van der Waals surface area (Å²) in [6.07, 6.45) is 3.51. The molecule has 2 aromatic carbocycles. The summed E-state index contributed by atoms with van der Waals surface area (Å²) in [6, 6.07) is 10.7. The fourth-order valence-electron chi connectivity index (χ4n) is 5.61. The van der Waals surface area contributed by atoms with Gasteiger partial charge in [0.2, 0.25) is 11.8 Å². The van der Waals surface area contributed by atoms with E-state index in [1.165, 1.54) is 17.7 Å². The summed E-state index contributed by atoms with van der Waals surface area (Å²) in [7, 11) is 0. The van der Waals surface area contributed by atoms with E-state index >= 15 is 0 Å². The van der Waals surface area contributed by atoms with Gasteiger partial charge in [-0.2, -0.15) is 0 Å². The quantitative estimate of drug-likeness (QED) is 0.295. The summed E-state index contributed by atoms with van der Waals surface area (Å²) < 4.78 is 27.8.